The van der Waals surface area contributed by atoms with Crippen LogP contribution in [-0.4, -0.2) is 17.9 Å². The van der Waals surface area contributed by atoms with Crippen molar-refractivity contribution in [1.82, 2.24) is 0 Å². The second-order valence-electron chi connectivity index (χ2n) is 1.99. The first-order chi connectivity index (χ1) is 4.66. The Morgan fingerprint density at radius 3 is 2.60 bits per heavy atom. The van der Waals surface area contributed by atoms with Crippen LogP contribution >= 0.6 is 15.9 Å². The number of ether oxygens (including phenoxy) is 1. The fourth-order valence-corrected chi connectivity index (χ4v) is 0.959. The van der Waals surface area contributed by atoms with Crippen molar-refractivity contribution in [2.24, 2.45) is 0 Å². The van der Waals surface area contributed by atoms with Crippen LogP contribution in [0.25, 0.3) is 0 Å². The molecule has 10 heavy (non-hydrogen) atoms. The number of esters is 1. The minimum absolute atomic E-state index is 0.234. The van der Waals surface area contributed by atoms with Crippen molar-refractivity contribution in [3.8, 4) is 0 Å². The van der Waals surface area contributed by atoms with Crippen LogP contribution in [0.5, 0.6) is 0 Å². The molecule has 0 radical (unpaired) electrons. The number of hydrogen-bond acceptors (Lipinski definition) is 2. The summed E-state index contributed by atoms with van der Waals surface area (Å²) in [6.45, 7) is 3.73. The van der Waals surface area contributed by atoms with Crippen molar-refractivity contribution < 1.29 is 9.53 Å². The van der Waals surface area contributed by atoms with E-state index in [2.05, 4.69) is 15.9 Å². The average molecular weight is 207 g/mol. The van der Waals surface area contributed by atoms with Gasteiger partial charge in [0.2, 0.25) is 0 Å². The van der Waals surface area contributed by atoms with Crippen LogP contribution in [0.1, 0.15) is 13.8 Å². The van der Waals surface area contributed by atoms with Crippen LogP contribution in [0, 0.1) is 0 Å². The smallest absolute Gasteiger partial charge is 0.302 e. The number of carbonyl (C=O) groups excluding carboxylic acids is 1. The number of alkyl halides is 1. The minimum Gasteiger partial charge on any atom is -0.461 e. The Balaban J connectivity index is 3.48. The third-order valence-corrected chi connectivity index (χ3v) is 1.25. The largest absolute Gasteiger partial charge is 0.461 e. The van der Waals surface area contributed by atoms with E-state index in [1.807, 2.05) is 13.0 Å². The summed E-state index contributed by atoms with van der Waals surface area (Å²) in [6, 6.07) is 0. The molecule has 0 aromatic rings. The van der Waals surface area contributed by atoms with Gasteiger partial charge in [-0.2, -0.15) is 0 Å². The zero-order valence-corrected chi connectivity index (χ0v) is 7.77. The number of rotatable bonds is 3. The molecule has 0 aromatic heterocycles. The Kier molecular flexibility index (Phi) is 5.30. The fraction of sp³-hybridized carbons (Fsp3) is 0.571. The summed E-state index contributed by atoms with van der Waals surface area (Å²) in [7, 11) is 0. The van der Waals surface area contributed by atoms with E-state index in [1.165, 1.54) is 6.92 Å². The van der Waals surface area contributed by atoms with Crippen molar-refractivity contribution in [2.45, 2.75) is 13.8 Å². The molecule has 0 atom stereocenters. The summed E-state index contributed by atoms with van der Waals surface area (Å²) in [5.41, 5.74) is 1.06. The first-order valence-electron chi connectivity index (χ1n) is 3.01. The number of halogens is 1. The van der Waals surface area contributed by atoms with E-state index < -0.39 is 0 Å². The third kappa shape index (κ3) is 5.82. The second kappa shape index (κ2) is 5.47. The predicted molar refractivity (Wildman–Crippen MR) is 44.2 cm³/mol. The first-order valence-corrected chi connectivity index (χ1v) is 4.14. The normalized spacial score (nSPS) is 11.3. The molecule has 0 aliphatic heterocycles. The molecule has 0 heterocycles. The van der Waals surface area contributed by atoms with Crippen molar-refractivity contribution >= 4 is 21.9 Å². The zero-order chi connectivity index (χ0) is 7.98. The highest BCUT2D eigenvalue weighted by Gasteiger charge is 1.92. The molecule has 0 unspecified atom stereocenters. The van der Waals surface area contributed by atoms with Crippen molar-refractivity contribution in [2.75, 3.05) is 11.9 Å². The molecule has 3 heteroatoms. The maximum absolute atomic E-state index is 10.3. The van der Waals surface area contributed by atoms with Gasteiger partial charge in [0.15, 0.2) is 0 Å². The predicted octanol–water partition coefficient (Wildman–Crippen LogP) is 1.89. The lowest BCUT2D eigenvalue weighted by Gasteiger charge is -1.99. The number of allylic oxidation sites excluding steroid dienone is 1. The van der Waals surface area contributed by atoms with Gasteiger partial charge in [-0.3, -0.25) is 4.79 Å². The molecule has 0 bridgehead atoms. The lowest BCUT2D eigenvalue weighted by atomic mass is 10.3. The molecule has 0 saturated carbocycles. The highest BCUT2D eigenvalue weighted by atomic mass is 79.9. The van der Waals surface area contributed by atoms with Gasteiger partial charge in [-0.1, -0.05) is 22.0 Å². The third-order valence-electron chi connectivity index (χ3n) is 0.929. The van der Waals surface area contributed by atoms with Crippen molar-refractivity contribution in [3.05, 3.63) is 11.6 Å². The van der Waals surface area contributed by atoms with E-state index in [0.29, 0.717) is 6.61 Å². The van der Waals surface area contributed by atoms with Gasteiger partial charge in [0.1, 0.15) is 6.61 Å². The molecule has 0 fully saturated rings. The molecular weight excluding hydrogens is 196 g/mol. The number of carbonyl (C=O) groups is 1. The van der Waals surface area contributed by atoms with Crippen molar-refractivity contribution in [1.29, 1.82) is 0 Å². The van der Waals surface area contributed by atoms with Crippen LogP contribution in [0.2, 0.25) is 0 Å². The summed E-state index contributed by atoms with van der Waals surface area (Å²) in [5.74, 6) is -0.234. The number of hydrogen-bond donors (Lipinski definition) is 0. The molecule has 58 valence electrons. The van der Waals surface area contributed by atoms with Crippen LogP contribution in [-0.2, 0) is 9.53 Å². The van der Waals surface area contributed by atoms with E-state index in [9.17, 15) is 4.79 Å². The van der Waals surface area contributed by atoms with E-state index in [-0.39, 0.29) is 5.97 Å². The van der Waals surface area contributed by atoms with Gasteiger partial charge in [0, 0.05) is 12.3 Å². The minimum atomic E-state index is -0.234. The standard InChI is InChI=1S/C7H11BrO2/c1-6(3-4-8)5-10-7(2)9/h3H,4-5H2,1-2H3. The lowest BCUT2D eigenvalue weighted by molar-refractivity contribution is -0.139. The average Bonchev–Trinajstić information content (AvgIpc) is 1.85. The van der Waals surface area contributed by atoms with Crippen LogP contribution in [0.4, 0.5) is 0 Å². The maximum atomic E-state index is 10.3. The molecular formula is C7H11BrO2. The van der Waals surface area contributed by atoms with E-state index >= 15 is 0 Å². The van der Waals surface area contributed by atoms with E-state index in [0.717, 1.165) is 10.9 Å². The Morgan fingerprint density at radius 2 is 2.20 bits per heavy atom. The monoisotopic (exact) mass is 206 g/mol. The Morgan fingerprint density at radius 1 is 1.60 bits per heavy atom. The van der Waals surface area contributed by atoms with Crippen LogP contribution in [0.3, 0.4) is 0 Å². The highest BCUT2D eigenvalue weighted by Crippen LogP contribution is 1.95. The summed E-state index contributed by atoms with van der Waals surface area (Å²) < 4.78 is 4.73. The lowest BCUT2D eigenvalue weighted by Crippen LogP contribution is -2.01. The van der Waals surface area contributed by atoms with Gasteiger partial charge in [-0.25, -0.2) is 0 Å². The Hall–Kier alpha value is -0.310. The summed E-state index contributed by atoms with van der Waals surface area (Å²) >= 11 is 3.24. The molecule has 2 nitrogen and oxygen atoms in total. The first kappa shape index (κ1) is 9.69. The van der Waals surface area contributed by atoms with Crippen molar-refractivity contribution in [3.63, 3.8) is 0 Å². The van der Waals surface area contributed by atoms with Gasteiger partial charge in [-0.05, 0) is 12.5 Å². The summed E-state index contributed by atoms with van der Waals surface area (Å²) in [4.78, 5) is 10.3. The van der Waals surface area contributed by atoms with Crippen LogP contribution < -0.4 is 0 Å². The van der Waals surface area contributed by atoms with Gasteiger partial charge >= 0.3 is 5.97 Å². The summed E-state index contributed by atoms with van der Waals surface area (Å²) in [6.07, 6.45) is 1.96. The molecule has 0 N–H and O–H groups in total. The second-order valence-corrected chi connectivity index (χ2v) is 2.63. The molecule has 0 aliphatic carbocycles. The topological polar surface area (TPSA) is 26.3 Å². The Bertz CT molecular complexity index is 141. The molecule has 0 rings (SSSR count). The SMILES string of the molecule is CC(=O)OCC(C)=CCBr. The van der Waals surface area contributed by atoms with Gasteiger partial charge in [-0.15, -0.1) is 0 Å². The zero-order valence-electron chi connectivity index (χ0n) is 6.19. The summed E-state index contributed by atoms with van der Waals surface area (Å²) in [5, 5.41) is 0.806. The fourth-order valence-electron chi connectivity index (χ4n) is 0.406. The highest BCUT2D eigenvalue weighted by molar-refractivity contribution is 9.09. The molecule has 0 aromatic carbocycles. The molecule has 0 spiro atoms. The Labute approximate surface area is 69.4 Å². The van der Waals surface area contributed by atoms with Gasteiger partial charge in [0.25, 0.3) is 0 Å². The van der Waals surface area contributed by atoms with E-state index in [4.69, 9.17) is 4.74 Å². The van der Waals surface area contributed by atoms with Crippen LogP contribution in [0.15, 0.2) is 11.6 Å². The van der Waals surface area contributed by atoms with Gasteiger partial charge in [0.05, 0.1) is 0 Å². The molecule has 0 aliphatic rings. The molecule has 0 saturated heterocycles. The maximum Gasteiger partial charge on any atom is 0.302 e. The van der Waals surface area contributed by atoms with E-state index in [1.54, 1.807) is 0 Å². The van der Waals surface area contributed by atoms with Gasteiger partial charge < -0.3 is 4.74 Å². The quantitative estimate of drug-likeness (QED) is 0.401. The molecule has 0 amide bonds.